The largest absolute Gasteiger partial charge is 0.348 e. The summed E-state index contributed by atoms with van der Waals surface area (Å²) in [6.07, 6.45) is 3.38. The SMILES string of the molecule is CC(NC(=O)C(C)N1C(=O)C2CCCCC2C1=O)c1ccc(Cl)cc1Cl. The summed E-state index contributed by atoms with van der Waals surface area (Å²) in [6, 6.07) is 3.86. The molecule has 4 atom stereocenters. The fourth-order valence-electron chi connectivity index (χ4n) is 3.95. The summed E-state index contributed by atoms with van der Waals surface area (Å²) in [6.45, 7) is 3.39. The van der Waals surface area contributed by atoms with Crippen molar-refractivity contribution in [2.75, 3.05) is 0 Å². The topological polar surface area (TPSA) is 66.5 Å². The van der Waals surface area contributed by atoms with Crippen LogP contribution in [0.5, 0.6) is 0 Å². The highest BCUT2D eigenvalue weighted by Gasteiger charge is 2.50. The molecular formula is C19H22Cl2N2O3. The maximum atomic E-state index is 12.7. The first-order chi connectivity index (χ1) is 12.3. The van der Waals surface area contributed by atoms with E-state index in [1.165, 1.54) is 0 Å². The van der Waals surface area contributed by atoms with Gasteiger partial charge in [-0.25, -0.2) is 0 Å². The second-order valence-corrected chi connectivity index (χ2v) is 7.96. The number of carbonyl (C=O) groups is 3. The molecule has 3 rings (SSSR count). The molecule has 2 fully saturated rings. The van der Waals surface area contributed by atoms with E-state index in [2.05, 4.69) is 5.32 Å². The van der Waals surface area contributed by atoms with E-state index in [9.17, 15) is 14.4 Å². The summed E-state index contributed by atoms with van der Waals surface area (Å²) in [5, 5.41) is 3.81. The molecule has 3 amide bonds. The number of amides is 3. The Morgan fingerprint density at radius 3 is 2.23 bits per heavy atom. The standard InChI is InChI=1S/C19H22Cl2N2O3/c1-10(13-8-7-12(20)9-16(13)21)22-17(24)11(2)23-18(25)14-5-3-4-6-15(14)19(23)26/h7-11,14-15H,3-6H2,1-2H3,(H,22,24). The molecule has 1 saturated carbocycles. The molecule has 1 aromatic carbocycles. The normalized spacial score (nSPS) is 25.0. The predicted molar refractivity (Wildman–Crippen MR) is 99.8 cm³/mol. The van der Waals surface area contributed by atoms with Gasteiger partial charge in [0.2, 0.25) is 17.7 Å². The van der Waals surface area contributed by atoms with Crippen LogP contribution < -0.4 is 5.32 Å². The van der Waals surface area contributed by atoms with E-state index < -0.39 is 6.04 Å². The number of likely N-dealkylation sites (tertiary alicyclic amines) is 1. The van der Waals surface area contributed by atoms with Crippen molar-refractivity contribution >= 4 is 40.9 Å². The van der Waals surface area contributed by atoms with Gasteiger partial charge in [-0.05, 0) is 44.4 Å². The number of benzene rings is 1. The van der Waals surface area contributed by atoms with Gasteiger partial charge in [-0.3, -0.25) is 19.3 Å². The van der Waals surface area contributed by atoms with E-state index in [0.717, 1.165) is 36.1 Å². The van der Waals surface area contributed by atoms with Gasteiger partial charge in [-0.1, -0.05) is 42.1 Å². The van der Waals surface area contributed by atoms with Crippen molar-refractivity contribution in [1.29, 1.82) is 0 Å². The number of fused-ring (bicyclic) bond motifs is 1. The van der Waals surface area contributed by atoms with Crippen molar-refractivity contribution in [3.8, 4) is 0 Å². The number of halogens is 2. The third kappa shape index (κ3) is 3.47. The number of hydrogen-bond acceptors (Lipinski definition) is 3. The summed E-state index contributed by atoms with van der Waals surface area (Å²) in [4.78, 5) is 39.1. The smallest absolute Gasteiger partial charge is 0.243 e. The zero-order valence-electron chi connectivity index (χ0n) is 14.8. The van der Waals surface area contributed by atoms with Crippen molar-refractivity contribution in [1.82, 2.24) is 10.2 Å². The number of nitrogens with zero attached hydrogens (tertiary/aromatic N) is 1. The fraction of sp³-hybridized carbons (Fsp3) is 0.526. The number of imide groups is 1. The van der Waals surface area contributed by atoms with Crippen LogP contribution in [0, 0.1) is 11.8 Å². The van der Waals surface area contributed by atoms with Crippen LogP contribution in [0.4, 0.5) is 0 Å². The van der Waals surface area contributed by atoms with E-state index in [-0.39, 0.29) is 35.6 Å². The van der Waals surface area contributed by atoms with Gasteiger partial charge in [0.1, 0.15) is 6.04 Å². The third-order valence-electron chi connectivity index (χ3n) is 5.43. The quantitative estimate of drug-likeness (QED) is 0.788. The summed E-state index contributed by atoms with van der Waals surface area (Å²) in [5.41, 5.74) is 0.726. The van der Waals surface area contributed by atoms with Crippen molar-refractivity contribution < 1.29 is 14.4 Å². The third-order valence-corrected chi connectivity index (χ3v) is 5.99. The molecule has 0 radical (unpaired) electrons. The molecule has 0 bridgehead atoms. The first kappa shape index (κ1) is 19.2. The minimum absolute atomic E-state index is 0.209. The van der Waals surface area contributed by atoms with Gasteiger partial charge in [0.05, 0.1) is 17.9 Å². The molecule has 1 aromatic rings. The van der Waals surface area contributed by atoms with Crippen LogP contribution in [-0.4, -0.2) is 28.7 Å². The summed E-state index contributed by atoms with van der Waals surface area (Å²) in [5.74, 6) is -1.30. The molecule has 1 aliphatic carbocycles. The average molecular weight is 397 g/mol. The van der Waals surface area contributed by atoms with Gasteiger partial charge in [0.25, 0.3) is 0 Å². The zero-order valence-corrected chi connectivity index (χ0v) is 16.3. The molecule has 1 aliphatic heterocycles. The Bertz CT molecular complexity index is 728. The Labute approximate surface area is 163 Å². The van der Waals surface area contributed by atoms with E-state index in [1.807, 2.05) is 0 Å². The molecule has 4 unspecified atom stereocenters. The Morgan fingerprint density at radius 2 is 1.69 bits per heavy atom. The fourth-order valence-corrected chi connectivity index (χ4v) is 4.52. The lowest BCUT2D eigenvalue weighted by Gasteiger charge is -2.25. The van der Waals surface area contributed by atoms with E-state index in [4.69, 9.17) is 23.2 Å². The molecule has 5 nitrogen and oxygen atoms in total. The highest BCUT2D eigenvalue weighted by Crippen LogP contribution is 2.39. The first-order valence-corrected chi connectivity index (χ1v) is 9.69. The predicted octanol–water partition coefficient (Wildman–Crippen LogP) is 3.73. The second kappa shape index (κ2) is 7.57. The van der Waals surface area contributed by atoms with Crippen LogP contribution >= 0.6 is 23.2 Å². The second-order valence-electron chi connectivity index (χ2n) is 7.12. The zero-order chi connectivity index (χ0) is 19.0. The van der Waals surface area contributed by atoms with E-state index in [1.54, 1.807) is 32.0 Å². The van der Waals surface area contributed by atoms with Gasteiger partial charge >= 0.3 is 0 Å². The minimum atomic E-state index is -0.839. The molecule has 26 heavy (non-hydrogen) atoms. The van der Waals surface area contributed by atoms with Crippen molar-refractivity contribution in [3.05, 3.63) is 33.8 Å². The molecule has 1 saturated heterocycles. The summed E-state index contributed by atoms with van der Waals surface area (Å²) < 4.78 is 0. The van der Waals surface area contributed by atoms with Crippen molar-refractivity contribution in [2.24, 2.45) is 11.8 Å². The minimum Gasteiger partial charge on any atom is -0.348 e. The monoisotopic (exact) mass is 396 g/mol. The van der Waals surface area contributed by atoms with Crippen LogP contribution in [0.3, 0.4) is 0 Å². The molecule has 1 heterocycles. The number of carbonyl (C=O) groups excluding carboxylic acids is 3. The highest BCUT2D eigenvalue weighted by atomic mass is 35.5. The molecule has 2 aliphatic rings. The summed E-state index contributed by atoms with van der Waals surface area (Å²) in [7, 11) is 0. The van der Waals surface area contributed by atoms with E-state index in [0.29, 0.717) is 10.0 Å². The van der Waals surface area contributed by atoms with Crippen molar-refractivity contribution in [2.45, 2.75) is 51.6 Å². The van der Waals surface area contributed by atoms with Gasteiger partial charge in [-0.15, -0.1) is 0 Å². The molecule has 140 valence electrons. The van der Waals surface area contributed by atoms with E-state index >= 15 is 0 Å². The molecule has 7 heteroatoms. The Balaban J connectivity index is 1.71. The first-order valence-electron chi connectivity index (χ1n) is 8.93. The summed E-state index contributed by atoms with van der Waals surface area (Å²) >= 11 is 12.1. The van der Waals surface area contributed by atoms with Crippen molar-refractivity contribution in [3.63, 3.8) is 0 Å². The average Bonchev–Trinajstić information content (AvgIpc) is 2.85. The number of nitrogens with one attached hydrogen (secondary N) is 1. The van der Waals surface area contributed by atoms with Crippen LogP contribution in [0.1, 0.15) is 51.1 Å². The Kier molecular flexibility index (Phi) is 5.58. The van der Waals surface area contributed by atoms with Crippen LogP contribution in [0.15, 0.2) is 18.2 Å². The van der Waals surface area contributed by atoms with Gasteiger partial charge in [0.15, 0.2) is 0 Å². The van der Waals surface area contributed by atoms with Gasteiger partial charge in [-0.2, -0.15) is 0 Å². The lowest BCUT2D eigenvalue weighted by Crippen LogP contribution is -2.48. The van der Waals surface area contributed by atoms with Crippen LogP contribution in [0.25, 0.3) is 0 Å². The molecule has 0 aromatic heterocycles. The Hall–Kier alpha value is -1.59. The lowest BCUT2D eigenvalue weighted by atomic mass is 9.81. The highest BCUT2D eigenvalue weighted by molar-refractivity contribution is 6.35. The number of hydrogen-bond donors (Lipinski definition) is 1. The Morgan fingerprint density at radius 1 is 1.12 bits per heavy atom. The molecular weight excluding hydrogens is 375 g/mol. The lowest BCUT2D eigenvalue weighted by molar-refractivity contribution is -0.147. The maximum Gasteiger partial charge on any atom is 0.243 e. The maximum absolute atomic E-state index is 12.7. The number of rotatable bonds is 4. The molecule has 0 spiro atoms. The van der Waals surface area contributed by atoms with Crippen LogP contribution in [-0.2, 0) is 14.4 Å². The van der Waals surface area contributed by atoms with Crippen LogP contribution in [0.2, 0.25) is 10.0 Å². The molecule has 1 N–H and O–H groups in total. The van der Waals surface area contributed by atoms with Gasteiger partial charge in [0, 0.05) is 10.0 Å². The van der Waals surface area contributed by atoms with Gasteiger partial charge < -0.3 is 5.32 Å².